The number of ether oxygens (including phenoxy) is 2. The van der Waals surface area contributed by atoms with E-state index in [1.807, 2.05) is 0 Å². The number of rotatable bonds is 6. The van der Waals surface area contributed by atoms with E-state index in [0.717, 1.165) is 0 Å². The first-order valence-corrected chi connectivity index (χ1v) is 7.17. The Balaban J connectivity index is 2.30. The summed E-state index contributed by atoms with van der Waals surface area (Å²) in [4.78, 5) is 49.1. The summed E-state index contributed by atoms with van der Waals surface area (Å²) in [7, 11) is 2.57. The molecule has 0 atom stereocenters. The number of carbonyl (C=O) groups excluding carboxylic acids is 4. The predicted molar refractivity (Wildman–Crippen MR) is 75.7 cm³/mol. The van der Waals surface area contributed by atoms with Gasteiger partial charge in [0.15, 0.2) is 0 Å². The largest absolute Gasteiger partial charge is 0.469 e. The topological polar surface area (TPSA) is 93.2 Å². The molecule has 1 heterocycles. The lowest BCUT2D eigenvalue weighted by atomic mass is 10.2. The lowest BCUT2D eigenvalue weighted by Crippen LogP contribution is -2.50. The molecule has 0 aromatic rings. The Kier molecular flexibility index (Phi) is 7.34. The zero-order valence-corrected chi connectivity index (χ0v) is 13.0. The van der Waals surface area contributed by atoms with Crippen molar-refractivity contribution in [3.05, 3.63) is 0 Å². The molecule has 0 saturated carbocycles. The van der Waals surface area contributed by atoms with Crippen LogP contribution in [0.5, 0.6) is 0 Å². The molecule has 0 N–H and O–H groups in total. The zero-order chi connectivity index (χ0) is 16.5. The molecule has 22 heavy (non-hydrogen) atoms. The van der Waals surface area contributed by atoms with Crippen molar-refractivity contribution in [3.8, 4) is 0 Å². The molecule has 1 rings (SSSR count). The van der Waals surface area contributed by atoms with Gasteiger partial charge in [0.2, 0.25) is 11.8 Å². The summed E-state index contributed by atoms with van der Waals surface area (Å²) in [5.41, 5.74) is 0. The van der Waals surface area contributed by atoms with E-state index in [2.05, 4.69) is 9.47 Å². The molecule has 0 aromatic carbocycles. The molecule has 1 saturated heterocycles. The molecule has 1 aliphatic heterocycles. The summed E-state index contributed by atoms with van der Waals surface area (Å²) in [6, 6.07) is 0. The number of amides is 2. The number of nitrogens with zero attached hydrogens (tertiary/aromatic N) is 2. The first-order valence-electron chi connectivity index (χ1n) is 7.17. The van der Waals surface area contributed by atoms with Crippen LogP contribution in [0.25, 0.3) is 0 Å². The highest BCUT2D eigenvalue weighted by Gasteiger charge is 2.24. The fourth-order valence-corrected chi connectivity index (χ4v) is 2.14. The van der Waals surface area contributed by atoms with Crippen LogP contribution in [0.3, 0.4) is 0 Å². The minimum Gasteiger partial charge on any atom is -0.469 e. The van der Waals surface area contributed by atoms with Gasteiger partial charge in [-0.05, 0) is 0 Å². The van der Waals surface area contributed by atoms with Crippen LogP contribution in [-0.4, -0.2) is 74.0 Å². The van der Waals surface area contributed by atoms with Crippen molar-refractivity contribution in [3.63, 3.8) is 0 Å². The lowest BCUT2D eigenvalue weighted by Gasteiger charge is -2.34. The number of esters is 2. The Bertz CT molecular complexity index is 389. The van der Waals surface area contributed by atoms with Crippen LogP contribution in [0.4, 0.5) is 0 Å². The molecule has 0 radical (unpaired) electrons. The normalized spacial score (nSPS) is 14.5. The van der Waals surface area contributed by atoms with Crippen molar-refractivity contribution < 1.29 is 28.7 Å². The van der Waals surface area contributed by atoms with Crippen molar-refractivity contribution in [2.75, 3.05) is 40.4 Å². The molecule has 0 bridgehead atoms. The van der Waals surface area contributed by atoms with Crippen LogP contribution in [0.15, 0.2) is 0 Å². The van der Waals surface area contributed by atoms with Gasteiger partial charge >= 0.3 is 11.9 Å². The van der Waals surface area contributed by atoms with Crippen LogP contribution in [0.2, 0.25) is 0 Å². The summed E-state index contributed by atoms with van der Waals surface area (Å²) >= 11 is 0. The highest BCUT2D eigenvalue weighted by molar-refractivity contribution is 5.83. The standard InChI is InChI=1S/C14H22N2O6/c1-21-13(19)5-3-11(17)15-7-9-16(10-8-15)12(18)4-6-14(20)22-2/h3-10H2,1-2H3. The molecular formula is C14H22N2O6. The average Bonchev–Trinajstić information content (AvgIpc) is 2.56. The summed E-state index contributed by atoms with van der Waals surface area (Å²) in [6.07, 6.45) is 0.354. The molecular weight excluding hydrogens is 292 g/mol. The first kappa shape index (κ1) is 17.9. The second-order valence-electron chi connectivity index (χ2n) is 4.91. The van der Waals surface area contributed by atoms with Crippen LogP contribution >= 0.6 is 0 Å². The van der Waals surface area contributed by atoms with E-state index in [-0.39, 0.29) is 37.5 Å². The Hall–Kier alpha value is -2.12. The van der Waals surface area contributed by atoms with Crippen molar-refractivity contribution in [1.29, 1.82) is 0 Å². The second-order valence-corrected chi connectivity index (χ2v) is 4.91. The van der Waals surface area contributed by atoms with E-state index in [9.17, 15) is 19.2 Å². The van der Waals surface area contributed by atoms with E-state index < -0.39 is 11.9 Å². The SMILES string of the molecule is COC(=O)CCC(=O)N1CCN(C(=O)CCC(=O)OC)CC1. The average molecular weight is 314 g/mol. The van der Waals surface area contributed by atoms with Crippen molar-refractivity contribution in [2.24, 2.45) is 0 Å². The maximum Gasteiger partial charge on any atom is 0.306 e. The fourth-order valence-electron chi connectivity index (χ4n) is 2.14. The molecule has 124 valence electrons. The number of carbonyl (C=O) groups is 4. The van der Waals surface area contributed by atoms with Crippen molar-refractivity contribution >= 4 is 23.8 Å². The predicted octanol–water partition coefficient (Wildman–Crippen LogP) is -0.436. The summed E-state index contributed by atoms with van der Waals surface area (Å²) < 4.78 is 8.98. The second kappa shape index (κ2) is 9.01. The number of hydrogen-bond donors (Lipinski definition) is 0. The molecule has 0 spiro atoms. The van der Waals surface area contributed by atoms with Crippen molar-refractivity contribution in [1.82, 2.24) is 9.80 Å². The number of piperazine rings is 1. The Morgan fingerprint density at radius 3 is 1.27 bits per heavy atom. The summed E-state index contributed by atoms with van der Waals surface area (Å²) in [5.74, 6) is -1.06. The smallest absolute Gasteiger partial charge is 0.306 e. The lowest BCUT2D eigenvalue weighted by molar-refractivity contribution is -0.146. The van der Waals surface area contributed by atoms with Gasteiger partial charge in [0.25, 0.3) is 0 Å². The maximum atomic E-state index is 11.9. The number of hydrogen-bond acceptors (Lipinski definition) is 6. The Labute approximate surface area is 129 Å². The summed E-state index contributed by atoms with van der Waals surface area (Å²) in [6.45, 7) is 1.74. The quantitative estimate of drug-likeness (QED) is 0.617. The molecule has 8 heteroatoms. The molecule has 8 nitrogen and oxygen atoms in total. The highest BCUT2D eigenvalue weighted by Crippen LogP contribution is 2.08. The number of methoxy groups -OCH3 is 2. The van der Waals surface area contributed by atoms with E-state index in [1.165, 1.54) is 14.2 Å². The third-order valence-electron chi connectivity index (χ3n) is 3.53. The molecule has 0 unspecified atom stereocenters. The Morgan fingerprint density at radius 2 is 1.00 bits per heavy atom. The molecule has 0 aromatic heterocycles. The van der Waals surface area contributed by atoms with Crippen LogP contribution in [0, 0.1) is 0 Å². The van der Waals surface area contributed by atoms with Gasteiger partial charge in [-0.2, -0.15) is 0 Å². The highest BCUT2D eigenvalue weighted by atomic mass is 16.5. The van der Waals surface area contributed by atoms with Crippen LogP contribution < -0.4 is 0 Å². The van der Waals surface area contributed by atoms with Gasteiger partial charge in [-0.3, -0.25) is 19.2 Å². The zero-order valence-electron chi connectivity index (χ0n) is 13.0. The van der Waals surface area contributed by atoms with Gasteiger partial charge < -0.3 is 19.3 Å². The van der Waals surface area contributed by atoms with Gasteiger partial charge in [-0.1, -0.05) is 0 Å². The minimum absolute atomic E-state index is 0.0631. The Morgan fingerprint density at radius 1 is 0.682 bits per heavy atom. The molecule has 1 aliphatic rings. The summed E-state index contributed by atoms with van der Waals surface area (Å²) in [5, 5.41) is 0. The minimum atomic E-state index is -0.412. The van der Waals surface area contributed by atoms with Gasteiger partial charge in [-0.25, -0.2) is 0 Å². The van der Waals surface area contributed by atoms with E-state index in [4.69, 9.17) is 0 Å². The van der Waals surface area contributed by atoms with E-state index in [1.54, 1.807) is 9.80 Å². The van der Waals surface area contributed by atoms with Gasteiger partial charge in [0.1, 0.15) is 0 Å². The van der Waals surface area contributed by atoms with E-state index in [0.29, 0.717) is 26.2 Å². The fraction of sp³-hybridized carbons (Fsp3) is 0.714. The third-order valence-corrected chi connectivity index (χ3v) is 3.53. The van der Waals surface area contributed by atoms with Crippen molar-refractivity contribution in [2.45, 2.75) is 25.7 Å². The molecule has 1 fully saturated rings. The van der Waals surface area contributed by atoms with Gasteiger partial charge in [-0.15, -0.1) is 0 Å². The van der Waals surface area contributed by atoms with Crippen LogP contribution in [-0.2, 0) is 28.7 Å². The first-order chi connectivity index (χ1) is 10.5. The third kappa shape index (κ3) is 5.71. The molecule has 2 amide bonds. The maximum absolute atomic E-state index is 11.9. The van der Waals surface area contributed by atoms with E-state index >= 15 is 0 Å². The van der Waals surface area contributed by atoms with Crippen LogP contribution in [0.1, 0.15) is 25.7 Å². The monoisotopic (exact) mass is 314 g/mol. The molecule has 0 aliphatic carbocycles. The van der Waals surface area contributed by atoms with Gasteiger partial charge in [0.05, 0.1) is 27.1 Å². The van der Waals surface area contributed by atoms with Gasteiger partial charge in [0, 0.05) is 39.0 Å².